The summed E-state index contributed by atoms with van der Waals surface area (Å²) in [5.74, 6) is 3.79. The molecule has 0 atom stereocenters. The summed E-state index contributed by atoms with van der Waals surface area (Å²) in [6, 6.07) is 1.94. The Morgan fingerprint density at radius 3 is 2.28 bits per heavy atom. The maximum absolute atomic E-state index is 4.49. The molecule has 102 valence electrons. The van der Waals surface area contributed by atoms with E-state index in [1.807, 2.05) is 6.07 Å². The largest absolute Gasteiger partial charge is 0.370 e. The van der Waals surface area contributed by atoms with Gasteiger partial charge >= 0.3 is 0 Å². The predicted molar refractivity (Wildman–Crippen MR) is 80.8 cm³/mol. The molecule has 0 amide bonds. The number of nitrogens with one attached hydrogen (secondary N) is 1. The minimum Gasteiger partial charge on any atom is -0.370 e. The highest BCUT2D eigenvalue weighted by molar-refractivity contribution is 9.10. The second kappa shape index (κ2) is 7.07. The zero-order valence-electron chi connectivity index (χ0n) is 12.0. The van der Waals surface area contributed by atoms with Crippen molar-refractivity contribution in [1.82, 2.24) is 9.97 Å². The highest BCUT2D eigenvalue weighted by Crippen LogP contribution is 2.21. The molecule has 0 saturated carbocycles. The molecule has 0 aliphatic rings. The molecule has 18 heavy (non-hydrogen) atoms. The number of hydrogen-bond acceptors (Lipinski definition) is 3. The van der Waals surface area contributed by atoms with E-state index in [2.05, 4.69) is 65.8 Å². The topological polar surface area (TPSA) is 37.8 Å². The second-order valence-electron chi connectivity index (χ2n) is 5.38. The molecule has 0 aliphatic heterocycles. The molecule has 0 radical (unpaired) electrons. The molecule has 4 heteroatoms. The first-order valence-corrected chi connectivity index (χ1v) is 7.50. The Hall–Kier alpha value is -0.640. The van der Waals surface area contributed by atoms with E-state index in [4.69, 9.17) is 0 Å². The molecule has 1 aromatic heterocycles. The minimum absolute atomic E-state index is 0.656. The smallest absolute Gasteiger partial charge is 0.131 e. The fraction of sp³-hybridized carbons (Fsp3) is 0.714. The minimum atomic E-state index is 0.656. The highest BCUT2D eigenvalue weighted by Gasteiger charge is 2.17. The summed E-state index contributed by atoms with van der Waals surface area (Å²) in [5, 5.41) is 3.44. The van der Waals surface area contributed by atoms with Crippen LogP contribution in [0.15, 0.2) is 10.7 Å². The van der Waals surface area contributed by atoms with Crippen LogP contribution in [-0.4, -0.2) is 16.5 Å². The number of aryl methyl sites for hydroxylation is 1. The summed E-state index contributed by atoms with van der Waals surface area (Å²) in [4.78, 5) is 8.81. The van der Waals surface area contributed by atoms with Crippen LogP contribution in [-0.2, 0) is 6.42 Å². The van der Waals surface area contributed by atoms with Crippen LogP contribution in [0, 0.1) is 17.8 Å². The van der Waals surface area contributed by atoms with E-state index < -0.39 is 0 Å². The van der Waals surface area contributed by atoms with E-state index in [1.54, 1.807) is 0 Å². The van der Waals surface area contributed by atoms with Crippen molar-refractivity contribution in [2.45, 2.75) is 41.0 Å². The zero-order valence-corrected chi connectivity index (χ0v) is 13.6. The molecule has 0 spiro atoms. The van der Waals surface area contributed by atoms with Crippen LogP contribution in [0.25, 0.3) is 0 Å². The molecule has 0 fully saturated rings. The zero-order chi connectivity index (χ0) is 13.7. The lowest BCUT2D eigenvalue weighted by atomic mass is 9.85. The molecular formula is C14H24BrN3. The van der Waals surface area contributed by atoms with Gasteiger partial charge in [0.2, 0.25) is 0 Å². The summed E-state index contributed by atoms with van der Waals surface area (Å²) < 4.78 is 0.850. The molecule has 1 N–H and O–H groups in total. The lowest BCUT2D eigenvalue weighted by Crippen LogP contribution is -2.25. The number of halogens is 1. The van der Waals surface area contributed by atoms with Crippen molar-refractivity contribution in [1.29, 1.82) is 0 Å². The van der Waals surface area contributed by atoms with Crippen LogP contribution < -0.4 is 5.32 Å². The van der Waals surface area contributed by atoms with Gasteiger partial charge < -0.3 is 5.32 Å². The summed E-state index contributed by atoms with van der Waals surface area (Å²) in [5.41, 5.74) is 0. The number of aromatic nitrogens is 2. The number of rotatable bonds is 6. The van der Waals surface area contributed by atoms with E-state index in [0.29, 0.717) is 17.8 Å². The lowest BCUT2D eigenvalue weighted by molar-refractivity contribution is 0.304. The van der Waals surface area contributed by atoms with E-state index in [1.165, 1.54) is 0 Å². The Labute approximate surface area is 119 Å². The van der Waals surface area contributed by atoms with Gasteiger partial charge in [-0.15, -0.1) is 0 Å². The Morgan fingerprint density at radius 1 is 1.17 bits per heavy atom. The van der Waals surface area contributed by atoms with Crippen molar-refractivity contribution in [2.24, 2.45) is 17.8 Å². The SMILES string of the molecule is CCc1nc(Br)cc(NCC(C(C)C)C(C)C)n1. The fourth-order valence-corrected chi connectivity index (χ4v) is 2.60. The van der Waals surface area contributed by atoms with E-state index in [-0.39, 0.29) is 0 Å². The first-order valence-electron chi connectivity index (χ1n) is 6.71. The van der Waals surface area contributed by atoms with E-state index in [0.717, 1.165) is 29.2 Å². The van der Waals surface area contributed by atoms with E-state index >= 15 is 0 Å². The summed E-state index contributed by atoms with van der Waals surface area (Å²) in [6.45, 7) is 12.1. The van der Waals surface area contributed by atoms with Gasteiger partial charge in [-0.2, -0.15) is 0 Å². The van der Waals surface area contributed by atoms with Gasteiger partial charge in [0, 0.05) is 19.0 Å². The molecule has 0 aliphatic carbocycles. The molecular weight excluding hydrogens is 290 g/mol. The van der Waals surface area contributed by atoms with Gasteiger partial charge in [-0.3, -0.25) is 0 Å². The highest BCUT2D eigenvalue weighted by atomic mass is 79.9. The Bertz CT molecular complexity index is 369. The third kappa shape index (κ3) is 4.56. The van der Waals surface area contributed by atoms with Gasteiger partial charge in [0.1, 0.15) is 16.2 Å². The standard InChI is InChI=1S/C14H24BrN3/c1-6-13-17-12(15)7-14(18-13)16-8-11(9(2)3)10(4)5/h7,9-11H,6,8H2,1-5H3,(H,16,17,18). The van der Waals surface area contributed by atoms with Crippen molar-refractivity contribution in [3.8, 4) is 0 Å². The number of hydrogen-bond donors (Lipinski definition) is 1. The monoisotopic (exact) mass is 313 g/mol. The van der Waals surface area contributed by atoms with Gasteiger partial charge in [0.15, 0.2) is 0 Å². The second-order valence-corrected chi connectivity index (χ2v) is 6.19. The van der Waals surface area contributed by atoms with Crippen molar-refractivity contribution < 1.29 is 0 Å². The average molecular weight is 314 g/mol. The van der Waals surface area contributed by atoms with Crippen LogP contribution in [0.2, 0.25) is 0 Å². The van der Waals surface area contributed by atoms with Crippen molar-refractivity contribution in [3.05, 3.63) is 16.5 Å². The molecule has 0 aromatic carbocycles. The molecule has 3 nitrogen and oxygen atoms in total. The van der Waals surface area contributed by atoms with Crippen molar-refractivity contribution in [2.75, 3.05) is 11.9 Å². The molecule has 0 bridgehead atoms. The third-order valence-electron chi connectivity index (χ3n) is 3.29. The summed E-state index contributed by atoms with van der Waals surface area (Å²) in [6.07, 6.45) is 0.853. The third-order valence-corrected chi connectivity index (χ3v) is 3.70. The van der Waals surface area contributed by atoms with Gasteiger partial charge in [-0.25, -0.2) is 9.97 Å². The first-order chi connectivity index (χ1) is 8.43. The average Bonchev–Trinajstić information content (AvgIpc) is 2.27. The molecule has 1 aromatic rings. The summed E-state index contributed by atoms with van der Waals surface area (Å²) >= 11 is 3.43. The van der Waals surface area contributed by atoms with Gasteiger partial charge in [0.05, 0.1) is 0 Å². The van der Waals surface area contributed by atoms with Crippen LogP contribution >= 0.6 is 15.9 Å². The van der Waals surface area contributed by atoms with Crippen LogP contribution in [0.4, 0.5) is 5.82 Å². The predicted octanol–water partition coefficient (Wildman–Crippen LogP) is 4.14. The van der Waals surface area contributed by atoms with E-state index in [9.17, 15) is 0 Å². The lowest BCUT2D eigenvalue weighted by Gasteiger charge is -2.25. The van der Waals surface area contributed by atoms with Crippen molar-refractivity contribution in [3.63, 3.8) is 0 Å². The Balaban J connectivity index is 2.70. The molecule has 0 unspecified atom stereocenters. The summed E-state index contributed by atoms with van der Waals surface area (Å²) in [7, 11) is 0. The van der Waals surface area contributed by atoms with Gasteiger partial charge in [-0.1, -0.05) is 34.6 Å². The normalized spacial score (nSPS) is 11.6. The Morgan fingerprint density at radius 2 is 1.78 bits per heavy atom. The molecule has 1 rings (SSSR count). The molecule has 1 heterocycles. The maximum atomic E-state index is 4.49. The van der Waals surface area contributed by atoms with Crippen LogP contribution in [0.3, 0.4) is 0 Å². The molecule has 0 saturated heterocycles. The van der Waals surface area contributed by atoms with Crippen molar-refractivity contribution >= 4 is 21.7 Å². The van der Waals surface area contributed by atoms with Gasteiger partial charge in [0.25, 0.3) is 0 Å². The maximum Gasteiger partial charge on any atom is 0.131 e. The number of nitrogens with zero attached hydrogens (tertiary/aromatic N) is 2. The van der Waals surface area contributed by atoms with Gasteiger partial charge in [-0.05, 0) is 33.7 Å². The van der Waals surface area contributed by atoms with Crippen LogP contribution in [0.5, 0.6) is 0 Å². The number of anilines is 1. The fourth-order valence-electron chi connectivity index (χ4n) is 2.18. The first kappa shape index (κ1) is 15.4. The van der Waals surface area contributed by atoms with Crippen LogP contribution in [0.1, 0.15) is 40.4 Å². The quantitative estimate of drug-likeness (QED) is 0.802. The Kier molecular flexibility index (Phi) is 6.06.